The number of fused-ring (bicyclic) bond motifs is 3. The maximum atomic E-state index is 11.9. The molecule has 1 aliphatic rings. The molecule has 3 aromatic rings. The predicted molar refractivity (Wildman–Crippen MR) is 109 cm³/mol. The standard InChI is InChI=1S/C21H19ClN4O3/c1-12-24-25-20-21(3,29-13(2)27)23-19(14-5-7-15(22)8-6-14)17-11-16(28-4)9-10-18(17)26(12)20/h5-11H,1-4H3/t21-/m0/s1. The van der Waals surface area contributed by atoms with Crippen LogP contribution in [0.3, 0.4) is 0 Å². The lowest BCUT2D eigenvalue weighted by atomic mass is 10.00. The molecule has 0 radical (unpaired) electrons. The first-order valence-corrected chi connectivity index (χ1v) is 9.37. The van der Waals surface area contributed by atoms with Gasteiger partial charge in [-0.2, -0.15) is 0 Å². The summed E-state index contributed by atoms with van der Waals surface area (Å²) in [5, 5.41) is 9.10. The lowest BCUT2D eigenvalue weighted by molar-refractivity contribution is -0.156. The van der Waals surface area contributed by atoms with E-state index in [1.165, 1.54) is 6.92 Å². The van der Waals surface area contributed by atoms with Crippen LogP contribution in [0.4, 0.5) is 0 Å². The highest BCUT2D eigenvalue weighted by Crippen LogP contribution is 2.37. The summed E-state index contributed by atoms with van der Waals surface area (Å²) in [6.45, 7) is 4.89. The maximum absolute atomic E-state index is 11.9. The summed E-state index contributed by atoms with van der Waals surface area (Å²) in [4.78, 5) is 16.8. The van der Waals surface area contributed by atoms with Crippen molar-refractivity contribution in [3.8, 4) is 11.4 Å². The van der Waals surface area contributed by atoms with Gasteiger partial charge < -0.3 is 9.47 Å². The van der Waals surface area contributed by atoms with Gasteiger partial charge in [-0.3, -0.25) is 9.36 Å². The average Bonchev–Trinajstić information content (AvgIpc) is 3.03. The molecule has 4 rings (SSSR count). The number of hydrogen-bond donors (Lipinski definition) is 0. The smallest absolute Gasteiger partial charge is 0.305 e. The van der Waals surface area contributed by atoms with E-state index in [4.69, 9.17) is 26.1 Å². The molecular weight excluding hydrogens is 392 g/mol. The van der Waals surface area contributed by atoms with Crippen LogP contribution >= 0.6 is 11.6 Å². The third-order valence-electron chi connectivity index (χ3n) is 4.72. The lowest BCUT2D eigenvalue weighted by Crippen LogP contribution is -2.30. The van der Waals surface area contributed by atoms with Crippen molar-refractivity contribution in [3.05, 3.63) is 70.3 Å². The number of methoxy groups -OCH3 is 1. The number of carbonyl (C=O) groups is 1. The molecule has 0 spiro atoms. The fraction of sp³-hybridized carbons (Fsp3) is 0.238. The van der Waals surface area contributed by atoms with Crippen LogP contribution in [0.25, 0.3) is 5.69 Å². The topological polar surface area (TPSA) is 78.6 Å². The van der Waals surface area contributed by atoms with Gasteiger partial charge in [0.15, 0.2) is 0 Å². The molecule has 2 heterocycles. The van der Waals surface area contributed by atoms with Gasteiger partial charge in [0.2, 0.25) is 5.82 Å². The number of carbonyl (C=O) groups excluding carboxylic acids is 1. The largest absolute Gasteiger partial charge is 0.497 e. The monoisotopic (exact) mass is 410 g/mol. The highest BCUT2D eigenvalue weighted by molar-refractivity contribution is 6.30. The molecule has 0 saturated heterocycles. The van der Waals surface area contributed by atoms with E-state index in [-0.39, 0.29) is 0 Å². The van der Waals surface area contributed by atoms with E-state index >= 15 is 0 Å². The van der Waals surface area contributed by atoms with E-state index in [9.17, 15) is 4.79 Å². The number of rotatable bonds is 3. The Morgan fingerprint density at radius 2 is 1.86 bits per heavy atom. The number of aryl methyl sites for hydroxylation is 1. The molecule has 0 N–H and O–H groups in total. The Morgan fingerprint density at radius 1 is 1.14 bits per heavy atom. The Morgan fingerprint density at radius 3 is 2.52 bits per heavy atom. The summed E-state index contributed by atoms with van der Waals surface area (Å²) in [5.74, 6) is 1.27. The fourth-order valence-electron chi connectivity index (χ4n) is 3.48. The molecule has 0 bridgehead atoms. The van der Waals surface area contributed by atoms with Crippen LogP contribution in [0.15, 0.2) is 47.5 Å². The number of aromatic nitrogens is 3. The van der Waals surface area contributed by atoms with Crippen LogP contribution in [0.2, 0.25) is 5.02 Å². The van der Waals surface area contributed by atoms with Crippen molar-refractivity contribution in [2.45, 2.75) is 26.5 Å². The number of hydrogen-bond acceptors (Lipinski definition) is 6. The molecule has 29 heavy (non-hydrogen) atoms. The number of esters is 1. The van der Waals surface area contributed by atoms with Gasteiger partial charge in [-0.25, -0.2) is 4.99 Å². The Labute approximate surface area is 173 Å². The van der Waals surface area contributed by atoms with Crippen molar-refractivity contribution in [2.75, 3.05) is 7.11 Å². The van der Waals surface area contributed by atoms with Gasteiger partial charge in [0.05, 0.1) is 18.5 Å². The number of halogens is 1. The van der Waals surface area contributed by atoms with E-state index < -0.39 is 11.7 Å². The molecule has 8 heteroatoms. The van der Waals surface area contributed by atoms with Crippen LogP contribution in [0.5, 0.6) is 5.75 Å². The van der Waals surface area contributed by atoms with E-state index in [0.29, 0.717) is 28.1 Å². The number of aliphatic imine (C=N–C) groups is 1. The van der Waals surface area contributed by atoms with Crippen LogP contribution in [-0.4, -0.2) is 33.6 Å². The fourth-order valence-corrected chi connectivity index (χ4v) is 3.60. The minimum absolute atomic E-state index is 0.417. The Hall–Kier alpha value is -3.19. The van der Waals surface area contributed by atoms with Crippen LogP contribution in [-0.2, 0) is 15.3 Å². The van der Waals surface area contributed by atoms with E-state index in [2.05, 4.69) is 10.2 Å². The lowest BCUT2D eigenvalue weighted by Gasteiger charge is -2.23. The van der Waals surface area contributed by atoms with E-state index in [1.54, 1.807) is 26.2 Å². The summed E-state index contributed by atoms with van der Waals surface area (Å²) in [6, 6.07) is 13.0. The third kappa shape index (κ3) is 3.27. The molecule has 0 unspecified atom stereocenters. The zero-order chi connectivity index (χ0) is 20.8. The Bertz CT molecular complexity index is 1140. The molecule has 1 aliphatic heterocycles. The van der Waals surface area contributed by atoms with Gasteiger partial charge in [0.25, 0.3) is 5.72 Å². The molecule has 0 saturated carbocycles. The quantitative estimate of drug-likeness (QED) is 0.613. The third-order valence-corrected chi connectivity index (χ3v) is 4.98. The zero-order valence-corrected chi connectivity index (χ0v) is 17.2. The average molecular weight is 411 g/mol. The summed E-state index contributed by atoms with van der Waals surface area (Å²) in [7, 11) is 1.61. The highest BCUT2D eigenvalue weighted by Gasteiger charge is 2.40. The summed E-state index contributed by atoms with van der Waals surface area (Å²) in [6.07, 6.45) is 0. The second-order valence-corrected chi connectivity index (χ2v) is 7.27. The van der Waals surface area contributed by atoms with Gasteiger partial charge in [-0.05, 0) is 37.3 Å². The number of benzene rings is 2. The van der Waals surface area contributed by atoms with Crippen molar-refractivity contribution < 1.29 is 14.3 Å². The van der Waals surface area contributed by atoms with Gasteiger partial charge in [-0.15, -0.1) is 10.2 Å². The summed E-state index contributed by atoms with van der Waals surface area (Å²) >= 11 is 6.08. The minimum Gasteiger partial charge on any atom is -0.497 e. The first-order chi connectivity index (χ1) is 13.8. The summed E-state index contributed by atoms with van der Waals surface area (Å²) in [5.41, 5.74) is 1.69. The number of ether oxygens (including phenoxy) is 2. The van der Waals surface area contributed by atoms with Crippen molar-refractivity contribution in [2.24, 2.45) is 4.99 Å². The van der Waals surface area contributed by atoms with Gasteiger partial charge in [-0.1, -0.05) is 23.7 Å². The predicted octanol–water partition coefficient (Wildman–Crippen LogP) is 3.82. The molecule has 7 nitrogen and oxygen atoms in total. The van der Waals surface area contributed by atoms with Crippen molar-refractivity contribution in [3.63, 3.8) is 0 Å². The Balaban J connectivity index is 2.08. The first kappa shape index (κ1) is 19.1. The zero-order valence-electron chi connectivity index (χ0n) is 16.4. The molecule has 2 aromatic carbocycles. The molecule has 0 fully saturated rings. The molecule has 148 valence electrons. The number of nitrogens with zero attached hydrogens (tertiary/aromatic N) is 4. The second kappa shape index (κ2) is 7.00. The van der Waals surface area contributed by atoms with Crippen LogP contribution in [0.1, 0.15) is 36.6 Å². The maximum Gasteiger partial charge on any atom is 0.305 e. The molecule has 0 amide bonds. The van der Waals surface area contributed by atoms with Crippen LogP contribution in [0, 0.1) is 6.92 Å². The molecule has 1 atom stereocenters. The van der Waals surface area contributed by atoms with E-state index in [1.807, 2.05) is 41.8 Å². The molecule has 0 aliphatic carbocycles. The normalized spacial score (nSPS) is 17.6. The summed E-state index contributed by atoms with van der Waals surface area (Å²) < 4.78 is 12.9. The first-order valence-electron chi connectivity index (χ1n) is 8.99. The van der Waals surface area contributed by atoms with E-state index in [0.717, 1.165) is 16.8 Å². The molecule has 1 aromatic heterocycles. The second-order valence-electron chi connectivity index (χ2n) is 6.83. The van der Waals surface area contributed by atoms with Crippen molar-refractivity contribution in [1.82, 2.24) is 14.8 Å². The van der Waals surface area contributed by atoms with Crippen molar-refractivity contribution in [1.29, 1.82) is 0 Å². The molecular formula is C21H19ClN4O3. The van der Waals surface area contributed by atoms with Crippen molar-refractivity contribution >= 4 is 23.3 Å². The van der Waals surface area contributed by atoms with Crippen LogP contribution < -0.4 is 4.74 Å². The van der Waals surface area contributed by atoms with Gasteiger partial charge in [0.1, 0.15) is 11.6 Å². The van der Waals surface area contributed by atoms with Gasteiger partial charge >= 0.3 is 5.97 Å². The highest BCUT2D eigenvalue weighted by atomic mass is 35.5. The SMILES string of the molecule is COc1ccc2c(c1)C(c1ccc(Cl)cc1)=N[C@@](C)(OC(C)=O)c1nnc(C)n1-2. The minimum atomic E-state index is -1.37. The van der Waals surface area contributed by atoms with Gasteiger partial charge in [0, 0.05) is 30.0 Å². The Kier molecular flexibility index (Phi) is 4.62.